The van der Waals surface area contributed by atoms with E-state index in [1.165, 1.54) is 0 Å². The van der Waals surface area contributed by atoms with Crippen LogP contribution in [0.4, 0.5) is 0 Å². The van der Waals surface area contributed by atoms with Crippen molar-refractivity contribution in [2.45, 2.75) is 42.9 Å². The highest BCUT2D eigenvalue weighted by Crippen LogP contribution is 2.22. The minimum atomic E-state index is -2.69. The van der Waals surface area contributed by atoms with Crippen LogP contribution in [0.2, 0.25) is 0 Å². The van der Waals surface area contributed by atoms with Crippen molar-refractivity contribution in [2.24, 2.45) is 0 Å². The van der Waals surface area contributed by atoms with Gasteiger partial charge in [-0.2, -0.15) is 0 Å². The van der Waals surface area contributed by atoms with Crippen molar-refractivity contribution in [3.63, 3.8) is 0 Å². The van der Waals surface area contributed by atoms with Gasteiger partial charge in [-0.3, -0.25) is 0 Å². The summed E-state index contributed by atoms with van der Waals surface area (Å²) in [6.07, 6.45) is -8.88. The average Bonchev–Trinajstić information content (AvgIpc) is 2.39. The fraction of sp³-hybridized carbons (Fsp3) is 0.900. The summed E-state index contributed by atoms with van der Waals surface area (Å²) < 4.78 is 9.42. The lowest BCUT2D eigenvalue weighted by Crippen LogP contribution is -2.59. The largest absolute Gasteiger partial charge is 0.477 e. The number of carboxylic acids is 1. The molecule has 1 aliphatic rings. The average molecular weight is 298 g/mol. The molecule has 2 unspecified atom stereocenters. The van der Waals surface area contributed by atoms with Crippen LogP contribution in [0.15, 0.2) is 0 Å². The number of carboxylic acid groups (broad SMARTS) is 1. The van der Waals surface area contributed by atoms with Crippen LogP contribution in [0.1, 0.15) is 6.42 Å². The maximum Gasteiger partial charge on any atom is 0.364 e. The van der Waals surface area contributed by atoms with E-state index >= 15 is 0 Å². The number of hydrogen-bond acceptors (Lipinski definition) is 9. The second-order valence-corrected chi connectivity index (χ2v) is 4.41. The van der Waals surface area contributed by atoms with Crippen molar-refractivity contribution < 1.29 is 50.0 Å². The minimum absolute atomic E-state index is 0.626. The van der Waals surface area contributed by atoms with Crippen molar-refractivity contribution in [1.29, 1.82) is 0 Å². The zero-order valence-corrected chi connectivity index (χ0v) is 10.4. The number of aliphatic carboxylic acids is 1. The van der Waals surface area contributed by atoms with Gasteiger partial charge in [0.15, 0.2) is 6.29 Å². The van der Waals surface area contributed by atoms with Gasteiger partial charge in [-0.05, 0) is 0 Å². The molecule has 0 bridgehead atoms. The Balaban J connectivity index is 2.66. The highest BCUT2D eigenvalue weighted by Gasteiger charge is 2.45. The summed E-state index contributed by atoms with van der Waals surface area (Å²) in [5.41, 5.74) is 0. The molecule has 0 saturated carbocycles. The van der Waals surface area contributed by atoms with Gasteiger partial charge in [0.05, 0.1) is 6.61 Å². The fourth-order valence-corrected chi connectivity index (χ4v) is 1.68. The van der Waals surface area contributed by atoms with Crippen molar-refractivity contribution in [3.8, 4) is 0 Å². The van der Waals surface area contributed by atoms with Gasteiger partial charge >= 0.3 is 5.97 Å². The van der Waals surface area contributed by atoms with E-state index in [2.05, 4.69) is 4.74 Å². The molecule has 0 aromatic heterocycles. The van der Waals surface area contributed by atoms with Gasteiger partial charge in [-0.25, -0.2) is 4.79 Å². The van der Waals surface area contributed by atoms with E-state index < -0.39 is 62.1 Å². The first kappa shape index (κ1) is 17.2. The molecule has 1 saturated heterocycles. The van der Waals surface area contributed by atoms with Crippen molar-refractivity contribution in [3.05, 3.63) is 0 Å². The first-order valence-electron chi connectivity index (χ1n) is 5.81. The van der Waals surface area contributed by atoms with E-state index in [-0.39, 0.29) is 0 Å². The van der Waals surface area contributed by atoms with Gasteiger partial charge in [0.1, 0.15) is 24.4 Å². The van der Waals surface area contributed by atoms with Gasteiger partial charge in [0.25, 0.3) is 5.79 Å². The summed E-state index contributed by atoms with van der Waals surface area (Å²) in [5, 5.41) is 64.5. The fourth-order valence-electron chi connectivity index (χ4n) is 1.68. The maximum absolute atomic E-state index is 10.8. The third-order valence-corrected chi connectivity index (χ3v) is 2.96. The number of rotatable bonds is 6. The van der Waals surface area contributed by atoms with E-state index in [0.29, 0.717) is 0 Å². The van der Waals surface area contributed by atoms with Crippen LogP contribution in [-0.2, 0) is 14.3 Å². The molecule has 1 aliphatic heterocycles. The highest BCUT2D eigenvalue weighted by atomic mass is 16.7. The number of aliphatic hydroxyl groups is 6. The molecule has 1 fully saturated rings. The minimum Gasteiger partial charge on any atom is -0.477 e. The Morgan fingerprint density at radius 2 is 1.75 bits per heavy atom. The van der Waals surface area contributed by atoms with Crippen LogP contribution in [0.5, 0.6) is 0 Å². The number of hydrogen-bond donors (Lipinski definition) is 7. The van der Waals surface area contributed by atoms with Crippen LogP contribution in [0.3, 0.4) is 0 Å². The van der Waals surface area contributed by atoms with E-state index in [4.69, 9.17) is 14.9 Å². The lowest BCUT2D eigenvalue weighted by atomic mass is 9.99. The van der Waals surface area contributed by atoms with E-state index in [0.717, 1.165) is 0 Å². The Morgan fingerprint density at radius 1 is 1.15 bits per heavy atom. The van der Waals surface area contributed by atoms with Crippen molar-refractivity contribution >= 4 is 5.97 Å². The molecule has 0 spiro atoms. The molecule has 10 heteroatoms. The second kappa shape index (κ2) is 6.74. The standard InChI is InChI=1S/C10H18O10/c11-2-1-10(18,9(16)17)19-3-4-5(12)6(13)7(14)8(15)20-4/h4-8,11-15,18H,1-3H2,(H,16,17)/t4?,5-,6+,7?,8+,10+/m1/s1. The predicted octanol–water partition coefficient (Wildman–Crippen LogP) is -4.04. The lowest BCUT2D eigenvalue weighted by Gasteiger charge is -2.39. The molecule has 0 radical (unpaired) electrons. The Bertz CT molecular complexity index is 336. The normalized spacial score (nSPS) is 37.4. The zero-order valence-electron chi connectivity index (χ0n) is 10.4. The Kier molecular flexibility index (Phi) is 5.79. The molecule has 0 amide bonds. The monoisotopic (exact) mass is 298 g/mol. The topological polar surface area (TPSA) is 177 Å². The zero-order chi connectivity index (χ0) is 15.5. The molecule has 10 nitrogen and oxygen atoms in total. The summed E-state index contributed by atoms with van der Waals surface area (Å²) >= 11 is 0. The lowest BCUT2D eigenvalue weighted by molar-refractivity contribution is -0.304. The molecule has 0 aromatic carbocycles. The Labute approximate surface area is 113 Å². The molecule has 0 aromatic rings. The quantitative estimate of drug-likeness (QED) is 0.239. The first-order chi connectivity index (χ1) is 9.23. The molecule has 6 atom stereocenters. The molecular weight excluding hydrogens is 280 g/mol. The van der Waals surface area contributed by atoms with Gasteiger partial charge in [0.2, 0.25) is 0 Å². The summed E-state index contributed by atoms with van der Waals surface area (Å²) in [6, 6.07) is 0. The molecule has 1 heterocycles. The number of ether oxygens (including phenoxy) is 2. The van der Waals surface area contributed by atoms with Gasteiger partial charge < -0.3 is 45.2 Å². The van der Waals surface area contributed by atoms with Gasteiger partial charge in [-0.15, -0.1) is 0 Å². The second-order valence-electron chi connectivity index (χ2n) is 4.41. The van der Waals surface area contributed by atoms with Crippen LogP contribution < -0.4 is 0 Å². The summed E-state index contributed by atoms with van der Waals surface area (Å²) in [7, 11) is 0. The number of aliphatic hydroxyl groups excluding tert-OH is 5. The summed E-state index contributed by atoms with van der Waals surface area (Å²) in [4.78, 5) is 10.8. The van der Waals surface area contributed by atoms with Crippen LogP contribution in [0.25, 0.3) is 0 Å². The molecule has 7 N–H and O–H groups in total. The summed E-state index contributed by atoms with van der Waals surface area (Å²) in [5.74, 6) is -4.44. The Hall–Kier alpha value is -0.850. The third-order valence-electron chi connectivity index (χ3n) is 2.96. The molecule has 0 aliphatic carbocycles. The van der Waals surface area contributed by atoms with Crippen LogP contribution in [0, 0.1) is 0 Å². The molecular formula is C10H18O10. The first-order valence-corrected chi connectivity index (χ1v) is 5.81. The van der Waals surface area contributed by atoms with Crippen LogP contribution in [-0.4, -0.2) is 91.4 Å². The van der Waals surface area contributed by atoms with Gasteiger partial charge in [-0.1, -0.05) is 0 Å². The Morgan fingerprint density at radius 3 is 2.25 bits per heavy atom. The highest BCUT2D eigenvalue weighted by molar-refractivity contribution is 5.75. The predicted molar refractivity (Wildman–Crippen MR) is 59.1 cm³/mol. The smallest absolute Gasteiger partial charge is 0.364 e. The van der Waals surface area contributed by atoms with Crippen LogP contribution >= 0.6 is 0 Å². The number of carbonyl (C=O) groups is 1. The molecule has 1 rings (SSSR count). The SMILES string of the molecule is O=C(O)[C@](O)(CCO)OCC1O[C@H](O)C(O)[C@@H](O)[C@@H]1O. The van der Waals surface area contributed by atoms with E-state index in [9.17, 15) is 30.3 Å². The molecule has 20 heavy (non-hydrogen) atoms. The maximum atomic E-state index is 10.8. The van der Waals surface area contributed by atoms with Gasteiger partial charge in [0, 0.05) is 13.0 Å². The van der Waals surface area contributed by atoms with Crippen molar-refractivity contribution in [1.82, 2.24) is 0 Å². The third kappa shape index (κ3) is 3.62. The van der Waals surface area contributed by atoms with E-state index in [1.807, 2.05) is 0 Å². The van der Waals surface area contributed by atoms with E-state index in [1.54, 1.807) is 0 Å². The molecule has 118 valence electrons. The summed E-state index contributed by atoms with van der Waals surface area (Å²) in [6.45, 7) is -1.36. The van der Waals surface area contributed by atoms with Crippen molar-refractivity contribution in [2.75, 3.05) is 13.2 Å².